The third kappa shape index (κ3) is 21.0. The molecule has 78 heavy (non-hydrogen) atoms. The summed E-state index contributed by atoms with van der Waals surface area (Å²) >= 11 is 12.7. The van der Waals surface area contributed by atoms with Crippen molar-refractivity contribution in [3.8, 4) is 56.0 Å². The minimum absolute atomic E-state index is 0.435. The first kappa shape index (κ1) is 62.8. The summed E-state index contributed by atoms with van der Waals surface area (Å²) < 4.78 is 14.9. The summed E-state index contributed by atoms with van der Waals surface area (Å²) in [4.78, 5) is 0. The normalized spacial score (nSPS) is 9.92. The lowest BCUT2D eigenvalue weighted by atomic mass is 9.80. The van der Waals surface area contributed by atoms with Crippen LogP contribution in [-0.2, 0) is 0 Å². The smallest absolute Gasteiger partial charge is 0.488 e. The summed E-state index contributed by atoms with van der Waals surface area (Å²) in [5, 5.41) is 34.6. The predicted octanol–water partition coefficient (Wildman–Crippen LogP) is 16.3. The average Bonchev–Trinajstić information content (AvgIpc) is 3.47. The van der Waals surface area contributed by atoms with Gasteiger partial charge in [0.25, 0.3) is 0 Å². The van der Waals surface area contributed by atoms with Crippen LogP contribution < -0.4 is 20.4 Å². The quantitative estimate of drug-likeness (QED) is 0.0894. The second-order valence-electron chi connectivity index (χ2n) is 17.6. The largest absolute Gasteiger partial charge is 0.497 e. The van der Waals surface area contributed by atoms with E-state index < -0.39 is 14.2 Å². The monoisotopic (exact) mass is 1340 g/mol. The molecule has 4 N–H and O–H groups in total. The lowest BCUT2D eigenvalue weighted by Crippen LogP contribution is -2.29. The molecule has 0 aliphatic rings. The van der Waals surface area contributed by atoms with Crippen molar-refractivity contribution in [3.05, 3.63) is 282 Å². The SMILES string of the molecule is COc1cccc(-c2ccc(C)c(-c3ccccc3)c2)c1.COc1cccc(B(O)O)c1.Cc1ccc(Br)cc1-c1ccccc1.Cc1ccc(Br)cc1-c1ccccc1.Cc1ccc(Br)cc1I.OB(O)c1ccccc1. The molecule has 0 atom stereocenters. The zero-order valence-corrected chi connectivity index (χ0v) is 51.3. The van der Waals surface area contributed by atoms with Crippen LogP contribution in [0.4, 0.5) is 0 Å². The molecule has 0 aromatic heterocycles. The molecule has 0 saturated carbocycles. The number of halogens is 4. The Balaban J connectivity index is 0.000000177. The number of hydrogen-bond donors (Lipinski definition) is 4. The van der Waals surface area contributed by atoms with Gasteiger partial charge in [-0.15, -0.1) is 0 Å². The fourth-order valence-electron chi connectivity index (χ4n) is 7.57. The van der Waals surface area contributed by atoms with Crippen LogP contribution in [-0.4, -0.2) is 48.6 Å². The van der Waals surface area contributed by atoms with E-state index in [2.05, 4.69) is 256 Å². The Hall–Kier alpha value is -6.06. The van der Waals surface area contributed by atoms with Gasteiger partial charge in [0.05, 0.1) is 14.2 Å². The van der Waals surface area contributed by atoms with E-state index in [1.54, 1.807) is 55.6 Å². The van der Waals surface area contributed by atoms with E-state index in [0.29, 0.717) is 16.7 Å². The standard InChI is InChI=1S/C20H18O.2C13H11Br.C7H9BO3.C7H6BrI.C6H7BO2/c1-15-11-12-18(17-9-6-10-19(13-17)21-2)14-20(15)16-7-4-3-5-8-16;2*1-10-7-8-12(14)9-13(10)11-5-3-2-4-6-11;1-11-7-4-2-3-6(5-7)8(9)10;1-5-2-3-6(8)4-7(5)9;8-7(9)6-4-2-1-3-5-6/h3-14H,1-2H3;2*2-9H,1H3;2-5,9-10H,1H3;2-4H,1H3;1-5,8-9H. The summed E-state index contributed by atoms with van der Waals surface area (Å²) in [7, 11) is 0.461. The van der Waals surface area contributed by atoms with Crippen molar-refractivity contribution in [1.29, 1.82) is 0 Å². The van der Waals surface area contributed by atoms with Gasteiger partial charge in [0.15, 0.2) is 0 Å². The number of benzene rings is 10. The van der Waals surface area contributed by atoms with Crippen molar-refractivity contribution >= 4 is 95.5 Å². The van der Waals surface area contributed by atoms with Crippen molar-refractivity contribution in [2.45, 2.75) is 27.7 Å². The van der Waals surface area contributed by atoms with E-state index in [1.165, 1.54) is 77.4 Å². The second-order valence-corrected chi connectivity index (χ2v) is 21.5. The molecule has 10 rings (SSSR count). The lowest BCUT2D eigenvalue weighted by molar-refractivity contribution is 0.412. The molecule has 0 unspecified atom stereocenters. The molecule has 0 aliphatic heterocycles. The fourth-order valence-corrected chi connectivity index (χ4v) is 9.60. The van der Waals surface area contributed by atoms with Crippen LogP contribution in [0.1, 0.15) is 22.3 Å². The van der Waals surface area contributed by atoms with E-state index in [1.807, 2.05) is 36.4 Å². The summed E-state index contributed by atoms with van der Waals surface area (Å²) in [6, 6.07) is 80.4. The van der Waals surface area contributed by atoms with Gasteiger partial charge in [-0.05, 0) is 195 Å². The van der Waals surface area contributed by atoms with Crippen molar-refractivity contribution in [3.63, 3.8) is 0 Å². The molecule has 0 aliphatic carbocycles. The first-order valence-corrected chi connectivity index (χ1v) is 28.3. The molecular formula is C66H62B2Br3IO6. The first-order valence-electron chi connectivity index (χ1n) is 24.8. The molecule has 0 amide bonds. The Morgan fingerprint density at radius 1 is 0.321 bits per heavy atom. The highest BCUT2D eigenvalue weighted by Gasteiger charge is 2.11. The molecule has 0 fully saturated rings. The van der Waals surface area contributed by atoms with Gasteiger partial charge in [0.1, 0.15) is 11.5 Å². The molecule has 10 aromatic rings. The van der Waals surface area contributed by atoms with Crippen molar-refractivity contribution in [2.24, 2.45) is 0 Å². The highest BCUT2D eigenvalue weighted by molar-refractivity contribution is 14.1. The third-order valence-corrected chi connectivity index (χ3v) is 14.6. The van der Waals surface area contributed by atoms with Gasteiger partial charge in [0, 0.05) is 17.0 Å². The lowest BCUT2D eigenvalue weighted by Gasteiger charge is -2.10. The van der Waals surface area contributed by atoms with Gasteiger partial charge < -0.3 is 29.6 Å². The average molecular weight is 1340 g/mol. The van der Waals surface area contributed by atoms with Crippen molar-refractivity contribution in [2.75, 3.05) is 14.2 Å². The van der Waals surface area contributed by atoms with Crippen LogP contribution in [0.25, 0.3) is 44.5 Å². The van der Waals surface area contributed by atoms with E-state index in [-0.39, 0.29) is 0 Å². The second kappa shape index (κ2) is 33.4. The molecule has 6 nitrogen and oxygen atoms in total. The van der Waals surface area contributed by atoms with Crippen LogP contribution in [0.5, 0.6) is 11.5 Å². The summed E-state index contributed by atoms with van der Waals surface area (Å²) in [6.45, 7) is 8.52. The number of hydrogen-bond acceptors (Lipinski definition) is 6. The van der Waals surface area contributed by atoms with Gasteiger partial charge in [-0.1, -0.05) is 224 Å². The summed E-state index contributed by atoms with van der Waals surface area (Å²) in [6.07, 6.45) is 0. The molecule has 10 aromatic carbocycles. The van der Waals surface area contributed by atoms with E-state index in [4.69, 9.17) is 29.6 Å². The molecule has 0 saturated heterocycles. The Morgan fingerprint density at radius 3 is 1.05 bits per heavy atom. The van der Waals surface area contributed by atoms with E-state index >= 15 is 0 Å². The van der Waals surface area contributed by atoms with Gasteiger partial charge in [0.2, 0.25) is 0 Å². The predicted molar refractivity (Wildman–Crippen MR) is 348 cm³/mol. The number of aryl methyl sites for hydroxylation is 4. The third-order valence-electron chi connectivity index (χ3n) is 11.9. The van der Waals surface area contributed by atoms with Crippen LogP contribution in [0.3, 0.4) is 0 Å². The van der Waals surface area contributed by atoms with Gasteiger partial charge >= 0.3 is 14.2 Å². The Kier molecular flexibility index (Phi) is 26.9. The minimum atomic E-state index is -1.43. The van der Waals surface area contributed by atoms with E-state index in [9.17, 15) is 0 Å². The summed E-state index contributed by atoms with van der Waals surface area (Å²) in [5.41, 5.74) is 16.2. The Morgan fingerprint density at radius 2 is 0.654 bits per heavy atom. The Bertz CT molecular complexity index is 3290. The molecule has 0 radical (unpaired) electrons. The maximum absolute atomic E-state index is 8.74. The maximum atomic E-state index is 8.74. The van der Waals surface area contributed by atoms with Crippen LogP contribution in [0, 0.1) is 31.3 Å². The topological polar surface area (TPSA) is 99.4 Å². The number of methoxy groups -OCH3 is 2. The zero-order valence-electron chi connectivity index (χ0n) is 44.4. The van der Waals surface area contributed by atoms with Crippen LogP contribution in [0.2, 0.25) is 0 Å². The van der Waals surface area contributed by atoms with Gasteiger partial charge in [-0.25, -0.2) is 0 Å². The molecular weight excluding hydrogens is 1280 g/mol. The van der Waals surface area contributed by atoms with Crippen LogP contribution in [0.15, 0.2) is 256 Å². The maximum Gasteiger partial charge on any atom is 0.488 e. The Labute approximate surface area is 500 Å². The highest BCUT2D eigenvalue weighted by atomic mass is 127. The van der Waals surface area contributed by atoms with E-state index in [0.717, 1.165) is 19.2 Å². The summed E-state index contributed by atoms with van der Waals surface area (Å²) in [5.74, 6) is 1.50. The first-order chi connectivity index (χ1) is 37.6. The van der Waals surface area contributed by atoms with Gasteiger partial charge in [-0.2, -0.15) is 0 Å². The molecule has 396 valence electrons. The van der Waals surface area contributed by atoms with Gasteiger partial charge in [-0.3, -0.25) is 0 Å². The number of rotatable bonds is 8. The highest BCUT2D eigenvalue weighted by Crippen LogP contribution is 2.31. The molecule has 0 bridgehead atoms. The fraction of sp³-hybridized carbons (Fsp3) is 0.0909. The number of ether oxygens (including phenoxy) is 2. The minimum Gasteiger partial charge on any atom is -0.497 e. The van der Waals surface area contributed by atoms with Crippen molar-refractivity contribution in [1.82, 2.24) is 0 Å². The molecule has 0 heterocycles. The molecule has 0 spiro atoms. The zero-order chi connectivity index (χ0) is 56.4. The van der Waals surface area contributed by atoms with Crippen LogP contribution >= 0.6 is 70.4 Å². The van der Waals surface area contributed by atoms with Crippen molar-refractivity contribution < 1.29 is 29.6 Å². The molecule has 12 heteroatoms.